The van der Waals surface area contributed by atoms with E-state index in [4.69, 9.17) is 4.74 Å². The molecule has 1 aliphatic rings. The number of amides is 1. The molecular weight excluding hydrogens is 345 g/mol. The fourth-order valence-corrected chi connectivity index (χ4v) is 3.34. The highest BCUT2D eigenvalue weighted by atomic mass is 19.1. The van der Waals surface area contributed by atoms with Gasteiger partial charge in [0.2, 0.25) is 0 Å². The van der Waals surface area contributed by atoms with E-state index in [1.165, 1.54) is 12.1 Å². The molecule has 0 bridgehead atoms. The smallest absolute Gasteiger partial charge is 0.251 e. The summed E-state index contributed by atoms with van der Waals surface area (Å²) in [6.45, 7) is 4.31. The van der Waals surface area contributed by atoms with Gasteiger partial charge < -0.3 is 15.0 Å². The van der Waals surface area contributed by atoms with E-state index in [1.54, 1.807) is 19.2 Å². The average Bonchev–Trinajstić information content (AvgIpc) is 2.69. The molecule has 6 heteroatoms. The van der Waals surface area contributed by atoms with E-state index in [2.05, 4.69) is 22.2 Å². The number of benzene rings is 2. The molecule has 1 heterocycles. The molecule has 0 saturated carbocycles. The maximum Gasteiger partial charge on any atom is 0.251 e. The zero-order valence-electron chi connectivity index (χ0n) is 15.8. The standard InChI is InChI=1S/C21H26FN3O2/c1-24-10-12-25(13-11-24)20(16-6-8-19(27-2)9-7-16)15-23-21(26)17-4-3-5-18(22)14-17/h3-9,14,20H,10-13,15H2,1-2H3,(H,23,26)/t20-/m0/s1. The number of carbonyl (C=O) groups is 1. The van der Waals surface area contributed by atoms with Crippen LogP contribution < -0.4 is 10.1 Å². The number of rotatable bonds is 6. The summed E-state index contributed by atoms with van der Waals surface area (Å²) in [4.78, 5) is 17.1. The van der Waals surface area contributed by atoms with Crippen molar-refractivity contribution in [2.75, 3.05) is 46.9 Å². The number of hydrogen-bond donors (Lipinski definition) is 1. The number of likely N-dealkylation sites (N-methyl/N-ethyl adjacent to an activating group) is 1. The van der Waals surface area contributed by atoms with Gasteiger partial charge in [-0.05, 0) is 42.9 Å². The molecule has 2 aromatic carbocycles. The van der Waals surface area contributed by atoms with E-state index in [1.807, 2.05) is 24.3 Å². The van der Waals surface area contributed by atoms with E-state index in [-0.39, 0.29) is 11.9 Å². The first-order valence-corrected chi connectivity index (χ1v) is 9.17. The topological polar surface area (TPSA) is 44.8 Å². The summed E-state index contributed by atoms with van der Waals surface area (Å²) in [5.74, 6) is 0.134. The molecule has 0 unspecified atom stereocenters. The maximum atomic E-state index is 13.4. The van der Waals surface area contributed by atoms with E-state index in [0.29, 0.717) is 12.1 Å². The van der Waals surface area contributed by atoms with Gasteiger partial charge in [0.25, 0.3) is 5.91 Å². The minimum atomic E-state index is -0.409. The van der Waals surface area contributed by atoms with Gasteiger partial charge in [-0.15, -0.1) is 0 Å². The second kappa shape index (κ2) is 8.97. The van der Waals surface area contributed by atoms with Crippen molar-refractivity contribution < 1.29 is 13.9 Å². The quantitative estimate of drug-likeness (QED) is 0.848. The highest BCUT2D eigenvalue weighted by molar-refractivity contribution is 5.94. The molecule has 1 N–H and O–H groups in total. The van der Waals surface area contributed by atoms with Crippen LogP contribution >= 0.6 is 0 Å². The zero-order valence-corrected chi connectivity index (χ0v) is 15.8. The predicted octanol–water partition coefficient (Wildman–Crippen LogP) is 2.55. The van der Waals surface area contributed by atoms with Crippen molar-refractivity contribution in [3.8, 4) is 5.75 Å². The van der Waals surface area contributed by atoms with Crippen LogP contribution in [0.4, 0.5) is 4.39 Å². The molecule has 2 aromatic rings. The Kier molecular flexibility index (Phi) is 6.42. The molecule has 1 aliphatic heterocycles. The lowest BCUT2D eigenvalue weighted by molar-refractivity contribution is 0.0886. The first-order valence-electron chi connectivity index (χ1n) is 9.17. The molecule has 3 rings (SSSR count). The summed E-state index contributed by atoms with van der Waals surface area (Å²) >= 11 is 0. The lowest BCUT2D eigenvalue weighted by atomic mass is 10.0. The lowest BCUT2D eigenvalue weighted by Crippen LogP contribution is -2.48. The Balaban J connectivity index is 1.73. The van der Waals surface area contributed by atoms with Crippen molar-refractivity contribution in [2.24, 2.45) is 0 Å². The Labute approximate surface area is 159 Å². The van der Waals surface area contributed by atoms with Crippen LogP contribution in [0.1, 0.15) is 22.0 Å². The van der Waals surface area contributed by atoms with E-state index in [9.17, 15) is 9.18 Å². The van der Waals surface area contributed by atoms with Gasteiger partial charge in [0.05, 0.1) is 13.2 Å². The third-order valence-corrected chi connectivity index (χ3v) is 5.02. The molecule has 144 valence electrons. The van der Waals surface area contributed by atoms with Gasteiger partial charge in [-0.3, -0.25) is 9.69 Å². The third kappa shape index (κ3) is 5.05. The number of nitrogens with one attached hydrogen (secondary N) is 1. The Morgan fingerprint density at radius 3 is 2.48 bits per heavy atom. The molecule has 1 amide bonds. The number of nitrogens with zero attached hydrogens (tertiary/aromatic N) is 2. The van der Waals surface area contributed by atoms with Gasteiger partial charge >= 0.3 is 0 Å². The molecule has 1 atom stereocenters. The van der Waals surface area contributed by atoms with E-state index in [0.717, 1.165) is 37.5 Å². The fraction of sp³-hybridized carbons (Fsp3) is 0.381. The number of halogens is 1. The SMILES string of the molecule is COc1ccc([C@H](CNC(=O)c2cccc(F)c2)N2CCN(C)CC2)cc1. The zero-order chi connectivity index (χ0) is 19.2. The normalized spacial score (nSPS) is 16.7. The van der Waals surface area contributed by atoms with Crippen molar-refractivity contribution in [1.82, 2.24) is 15.1 Å². The van der Waals surface area contributed by atoms with Crippen LogP contribution in [0.15, 0.2) is 48.5 Å². The van der Waals surface area contributed by atoms with Gasteiger partial charge in [-0.25, -0.2) is 4.39 Å². The fourth-order valence-electron chi connectivity index (χ4n) is 3.34. The molecule has 0 radical (unpaired) electrons. The predicted molar refractivity (Wildman–Crippen MR) is 104 cm³/mol. The number of ether oxygens (including phenoxy) is 1. The summed E-state index contributed by atoms with van der Waals surface area (Å²) < 4.78 is 18.6. The Morgan fingerprint density at radius 2 is 1.85 bits per heavy atom. The first-order chi connectivity index (χ1) is 13.1. The number of carbonyl (C=O) groups excluding carboxylic acids is 1. The second-order valence-electron chi connectivity index (χ2n) is 6.85. The molecule has 27 heavy (non-hydrogen) atoms. The van der Waals surface area contributed by atoms with Crippen molar-refractivity contribution in [1.29, 1.82) is 0 Å². The monoisotopic (exact) mass is 371 g/mol. The van der Waals surface area contributed by atoms with Crippen LogP contribution in [0.3, 0.4) is 0 Å². The number of hydrogen-bond acceptors (Lipinski definition) is 4. The molecule has 0 aromatic heterocycles. The van der Waals surface area contributed by atoms with Crippen molar-refractivity contribution in [2.45, 2.75) is 6.04 Å². The van der Waals surface area contributed by atoms with Gasteiger partial charge in [-0.1, -0.05) is 18.2 Å². The van der Waals surface area contributed by atoms with Crippen LogP contribution in [-0.4, -0.2) is 62.6 Å². The first kappa shape index (κ1) is 19.3. The highest BCUT2D eigenvalue weighted by Gasteiger charge is 2.24. The van der Waals surface area contributed by atoms with E-state index < -0.39 is 5.82 Å². The molecule has 1 saturated heterocycles. The molecular formula is C21H26FN3O2. The van der Waals surface area contributed by atoms with Gasteiger partial charge in [0.1, 0.15) is 11.6 Å². The Bertz CT molecular complexity index is 758. The minimum Gasteiger partial charge on any atom is -0.497 e. The van der Waals surface area contributed by atoms with Crippen molar-refractivity contribution in [3.63, 3.8) is 0 Å². The summed E-state index contributed by atoms with van der Waals surface area (Å²) in [6.07, 6.45) is 0. The van der Waals surface area contributed by atoms with E-state index >= 15 is 0 Å². The largest absolute Gasteiger partial charge is 0.497 e. The summed E-state index contributed by atoms with van der Waals surface area (Å²) in [7, 11) is 3.76. The highest BCUT2D eigenvalue weighted by Crippen LogP contribution is 2.24. The maximum absolute atomic E-state index is 13.4. The van der Waals surface area contributed by atoms with Gasteiger partial charge in [0, 0.05) is 38.3 Å². The van der Waals surface area contributed by atoms with Crippen LogP contribution in [0.25, 0.3) is 0 Å². The second-order valence-corrected chi connectivity index (χ2v) is 6.85. The molecule has 0 aliphatic carbocycles. The summed E-state index contributed by atoms with van der Waals surface area (Å²) in [6, 6.07) is 13.8. The molecule has 1 fully saturated rings. The number of piperazine rings is 1. The Morgan fingerprint density at radius 1 is 1.15 bits per heavy atom. The van der Waals surface area contributed by atoms with Crippen LogP contribution in [0.5, 0.6) is 5.75 Å². The Hall–Kier alpha value is -2.44. The van der Waals surface area contributed by atoms with Gasteiger partial charge in [0.15, 0.2) is 0 Å². The molecule has 5 nitrogen and oxygen atoms in total. The summed E-state index contributed by atoms with van der Waals surface area (Å²) in [5.41, 5.74) is 1.46. The molecule has 0 spiro atoms. The van der Waals surface area contributed by atoms with Crippen LogP contribution in [-0.2, 0) is 0 Å². The minimum absolute atomic E-state index is 0.0575. The van der Waals surface area contributed by atoms with Crippen molar-refractivity contribution >= 4 is 5.91 Å². The summed E-state index contributed by atoms with van der Waals surface area (Å²) in [5, 5.41) is 2.97. The number of methoxy groups -OCH3 is 1. The third-order valence-electron chi connectivity index (χ3n) is 5.02. The van der Waals surface area contributed by atoms with Crippen LogP contribution in [0, 0.1) is 5.82 Å². The van der Waals surface area contributed by atoms with Crippen LogP contribution in [0.2, 0.25) is 0 Å². The lowest BCUT2D eigenvalue weighted by Gasteiger charge is -2.38. The van der Waals surface area contributed by atoms with Crippen molar-refractivity contribution in [3.05, 3.63) is 65.5 Å². The average molecular weight is 371 g/mol. The van der Waals surface area contributed by atoms with Gasteiger partial charge in [-0.2, -0.15) is 0 Å².